The number of allylic oxidation sites excluding steroid dienone is 1. The summed E-state index contributed by atoms with van der Waals surface area (Å²) in [6.45, 7) is 8.02. The molecular weight excluding hydrogens is 208 g/mol. The van der Waals surface area contributed by atoms with E-state index in [4.69, 9.17) is 0 Å². The largest absolute Gasteiger partial charge is 0.313 e. The molecule has 0 heterocycles. The first-order valence-electron chi connectivity index (χ1n) is 5.74. The molecule has 0 aliphatic carbocycles. The van der Waals surface area contributed by atoms with Gasteiger partial charge in [-0.05, 0) is 11.1 Å². The van der Waals surface area contributed by atoms with Crippen molar-refractivity contribution < 1.29 is 0 Å². The zero-order valence-electron chi connectivity index (χ0n) is 10.8. The molecule has 0 atom stereocenters. The molecule has 17 heavy (non-hydrogen) atoms. The summed E-state index contributed by atoms with van der Waals surface area (Å²) in [7, 11) is 1.79. The molecule has 0 amide bonds. The molecule has 90 valence electrons. The third-order valence-corrected chi connectivity index (χ3v) is 2.73. The summed E-state index contributed by atoms with van der Waals surface area (Å²) < 4.78 is 0. The molecule has 1 N–H and O–H groups in total. The second-order valence-corrected chi connectivity index (χ2v) is 4.52. The molecule has 0 aliphatic heterocycles. The van der Waals surface area contributed by atoms with Gasteiger partial charge in [0.1, 0.15) is 0 Å². The lowest BCUT2D eigenvalue weighted by molar-refractivity contribution is 0.618. The van der Waals surface area contributed by atoms with Crippen LogP contribution in [-0.4, -0.2) is 13.3 Å². The van der Waals surface area contributed by atoms with Gasteiger partial charge in [0.05, 0.1) is 0 Å². The van der Waals surface area contributed by atoms with Crippen molar-refractivity contribution in [3.05, 3.63) is 53.8 Å². The minimum absolute atomic E-state index is 0.138. The Morgan fingerprint density at radius 2 is 2.06 bits per heavy atom. The molecule has 1 rings (SSSR count). The van der Waals surface area contributed by atoms with Gasteiger partial charge in [-0.1, -0.05) is 50.8 Å². The highest BCUT2D eigenvalue weighted by Gasteiger charge is 2.21. The van der Waals surface area contributed by atoms with Crippen LogP contribution >= 0.6 is 0 Å². The van der Waals surface area contributed by atoms with Crippen molar-refractivity contribution in [2.75, 3.05) is 7.05 Å². The molecule has 0 fully saturated rings. The Morgan fingerprint density at radius 3 is 2.59 bits per heavy atom. The maximum Gasteiger partial charge on any atom is 0.0345 e. The normalized spacial score (nSPS) is 11.2. The van der Waals surface area contributed by atoms with Gasteiger partial charge in [-0.25, -0.2) is 0 Å². The molecule has 0 unspecified atom stereocenters. The maximum atomic E-state index is 4.09. The van der Waals surface area contributed by atoms with E-state index in [1.54, 1.807) is 7.05 Å². The van der Waals surface area contributed by atoms with E-state index in [9.17, 15) is 0 Å². The molecule has 0 bridgehead atoms. The van der Waals surface area contributed by atoms with Gasteiger partial charge < -0.3 is 5.43 Å². The number of benzene rings is 1. The van der Waals surface area contributed by atoms with E-state index in [1.165, 1.54) is 5.56 Å². The highest BCUT2D eigenvalue weighted by atomic mass is 15.3. The van der Waals surface area contributed by atoms with Crippen LogP contribution in [0.15, 0.2) is 53.3 Å². The predicted molar refractivity (Wildman–Crippen MR) is 74.1 cm³/mol. The van der Waals surface area contributed by atoms with Crippen LogP contribution in [0.4, 0.5) is 0 Å². The number of hydrazone groups is 1. The van der Waals surface area contributed by atoms with Gasteiger partial charge in [0, 0.05) is 25.1 Å². The van der Waals surface area contributed by atoms with E-state index in [-0.39, 0.29) is 5.41 Å². The smallest absolute Gasteiger partial charge is 0.0345 e. The molecule has 0 radical (unpaired) electrons. The van der Waals surface area contributed by atoms with Crippen molar-refractivity contribution in [1.29, 1.82) is 0 Å². The second-order valence-electron chi connectivity index (χ2n) is 4.52. The van der Waals surface area contributed by atoms with E-state index in [1.807, 2.05) is 24.4 Å². The third kappa shape index (κ3) is 3.93. The van der Waals surface area contributed by atoms with Crippen molar-refractivity contribution in [3.8, 4) is 0 Å². The summed E-state index contributed by atoms with van der Waals surface area (Å²) in [5, 5.41) is 4.09. The molecule has 0 aromatic heterocycles. The molecule has 1 aromatic rings. The van der Waals surface area contributed by atoms with Crippen LogP contribution in [0.2, 0.25) is 0 Å². The Morgan fingerprint density at radius 1 is 1.41 bits per heavy atom. The fourth-order valence-corrected chi connectivity index (χ4v) is 1.62. The zero-order valence-corrected chi connectivity index (χ0v) is 10.8. The number of nitrogens with one attached hydrogen (secondary N) is 1. The van der Waals surface area contributed by atoms with Crippen molar-refractivity contribution >= 4 is 6.21 Å². The minimum atomic E-state index is -0.138. The van der Waals surface area contributed by atoms with Crippen molar-refractivity contribution in [3.63, 3.8) is 0 Å². The summed E-state index contributed by atoms with van der Waals surface area (Å²) in [6, 6.07) is 10.3. The Labute approximate surface area is 104 Å². The maximum absolute atomic E-state index is 4.09. The van der Waals surface area contributed by atoms with Crippen LogP contribution < -0.4 is 5.43 Å². The van der Waals surface area contributed by atoms with E-state index in [2.05, 4.69) is 48.8 Å². The molecule has 0 saturated heterocycles. The lowest BCUT2D eigenvalue weighted by Gasteiger charge is -2.21. The Hall–Kier alpha value is -1.79. The van der Waals surface area contributed by atoms with Crippen molar-refractivity contribution in [1.82, 2.24) is 5.43 Å². The topological polar surface area (TPSA) is 24.4 Å². The number of hydrogen-bond acceptors (Lipinski definition) is 2. The average Bonchev–Trinajstić information content (AvgIpc) is 2.34. The van der Waals surface area contributed by atoms with Crippen LogP contribution in [0.3, 0.4) is 0 Å². The quantitative estimate of drug-likeness (QED) is 0.467. The van der Waals surface area contributed by atoms with Gasteiger partial charge in [0.2, 0.25) is 0 Å². The van der Waals surface area contributed by atoms with E-state index in [0.29, 0.717) is 0 Å². The van der Waals surface area contributed by atoms with Crippen molar-refractivity contribution in [2.45, 2.75) is 20.3 Å². The molecule has 0 aliphatic rings. The number of hydrogen-bond donors (Lipinski definition) is 1. The average molecular weight is 228 g/mol. The highest BCUT2D eigenvalue weighted by molar-refractivity contribution is 5.69. The minimum Gasteiger partial charge on any atom is -0.313 e. The summed E-state index contributed by atoms with van der Waals surface area (Å²) in [5.74, 6) is 0. The fourth-order valence-electron chi connectivity index (χ4n) is 1.62. The first-order chi connectivity index (χ1) is 8.10. The summed E-state index contributed by atoms with van der Waals surface area (Å²) in [4.78, 5) is 0. The second kappa shape index (κ2) is 6.07. The first kappa shape index (κ1) is 13.3. The molecule has 0 spiro atoms. The third-order valence-electron chi connectivity index (χ3n) is 2.73. The van der Waals surface area contributed by atoms with Crippen LogP contribution in [-0.2, 0) is 6.42 Å². The van der Waals surface area contributed by atoms with E-state index < -0.39 is 0 Å². The van der Waals surface area contributed by atoms with E-state index in [0.717, 1.165) is 12.0 Å². The monoisotopic (exact) mass is 228 g/mol. The van der Waals surface area contributed by atoms with Gasteiger partial charge in [0.15, 0.2) is 0 Å². The SMILES string of the molecule is C=C=C(Cc1ccccc1)C(C)(C)/C=N/NC. The number of rotatable bonds is 5. The molecule has 2 nitrogen and oxygen atoms in total. The van der Waals surface area contributed by atoms with Crippen LogP contribution in [0, 0.1) is 5.41 Å². The van der Waals surface area contributed by atoms with Crippen LogP contribution in [0.1, 0.15) is 19.4 Å². The van der Waals surface area contributed by atoms with Gasteiger partial charge >= 0.3 is 0 Å². The highest BCUT2D eigenvalue weighted by Crippen LogP contribution is 2.26. The Kier molecular flexibility index (Phi) is 4.74. The summed E-state index contributed by atoms with van der Waals surface area (Å²) >= 11 is 0. The van der Waals surface area contributed by atoms with E-state index >= 15 is 0 Å². The van der Waals surface area contributed by atoms with Gasteiger partial charge in [-0.2, -0.15) is 5.10 Å². The van der Waals surface area contributed by atoms with Crippen LogP contribution in [0.5, 0.6) is 0 Å². The fraction of sp³-hybridized carbons (Fsp3) is 0.333. The Bertz CT molecular complexity index is 423. The summed E-state index contributed by atoms with van der Waals surface area (Å²) in [5.41, 5.74) is 8.09. The lowest BCUT2D eigenvalue weighted by atomic mass is 9.82. The molecule has 2 heteroatoms. The van der Waals surface area contributed by atoms with Crippen molar-refractivity contribution in [2.24, 2.45) is 10.5 Å². The van der Waals surface area contributed by atoms with Gasteiger partial charge in [-0.15, -0.1) is 5.73 Å². The Balaban J connectivity index is 2.87. The molecular formula is C15H20N2. The summed E-state index contributed by atoms with van der Waals surface area (Å²) in [6.07, 6.45) is 2.75. The lowest BCUT2D eigenvalue weighted by Crippen LogP contribution is -2.19. The predicted octanol–water partition coefficient (Wildman–Crippen LogP) is 3.17. The zero-order chi connectivity index (χ0) is 12.7. The first-order valence-corrected chi connectivity index (χ1v) is 5.74. The standard InChI is InChI=1S/C15H20N2/c1-5-14(15(2,3)12-17-16-4)11-13-9-7-6-8-10-13/h6-10,12,16H,1,11H2,2-4H3/b17-12+. The van der Waals surface area contributed by atoms with Gasteiger partial charge in [0.25, 0.3) is 0 Å². The van der Waals surface area contributed by atoms with Crippen LogP contribution in [0.25, 0.3) is 0 Å². The van der Waals surface area contributed by atoms with Gasteiger partial charge in [-0.3, -0.25) is 0 Å². The number of nitrogens with zero attached hydrogens (tertiary/aromatic N) is 1. The molecule has 0 saturated carbocycles. The molecule has 1 aromatic carbocycles.